The predicted molar refractivity (Wildman–Crippen MR) is 105 cm³/mol. The van der Waals surface area contributed by atoms with Gasteiger partial charge >= 0.3 is 5.97 Å². The van der Waals surface area contributed by atoms with E-state index in [1.54, 1.807) is 30.4 Å². The van der Waals surface area contributed by atoms with Gasteiger partial charge in [0.05, 0.1) is 12.2 Å². The summed E-state index contributed by atoms with van der Waals surface area (Å²) in [6.45, 7) is 2.10. The van der Waals surface area contributed by atoms with Crippen LogP contribution in [0.4, 0.5) is 0 Å². The zero-order valence-corrected chi connectivity index (χ0v) is 15.9. The van der Waals surface area contributed by atoms with Crippen LogP contribution in [0.15, 0.2) is 82.8 Å². The molecule has 0 spiro atoms. The molecule has 0 aliphatic heterocycles. The molecule has 2 aromatic carbocycles. The lowest BCUT2D eigenvalue weighted by Crippen LogP contribution is -2.07. The Balaban J connectivity index is 1.83. The zero-order valence-electron chi connectivity index (χ0n) is 14.2. The molecule has 3 rings (SSSR count). The van der Waals surface area contributed by atoms with Crippen LogP contribution < -0.4 is 0 Å². The van der Waals surface area contributed by atoms with Gasteiger partial charge in [0.15, 0.2) is 5.82 Å². The SMILES string of the molecule is CCOC(=O)c1cnc(C(Sc2ccccc2)Sc2ccccc2)nc1. The lowest BCUT2D eigenvalue weighted by molar-refractivity contribution is 0.0525. The standard InChI is InChI=1S/C20H18N2O2S2/c1-2-24-19(23)15-13-21-18(22-14-15)20(25-16-9-5-3-6-10-16)26-17-11-7-4-8-12-17/h3-14,20H,2H2,1H3. The number of ether oxygens (including phenoxy) is 1. The smallest absolute Gasteiger partial charge is 0.341 e. The van der Waals surface area contributed by atoms with Crippen molar-refractivity contribution in [2.24, 2.45) is 0 Å². The Morgan fingerprint density at radius 3 is 1.88 bits per heavy atom. The van der Waals surface area contributed by atoms with Crippen LogP contribution in [0.1, 0.15) is 27.7 Å². The van der Waals surface area contributed by atoms with Gasteiger partial charge in [-0.05, 0) is 31.2 Å². The Labute approximate surface area is 161 Å². The Morgan fingerprint density at radius 1 is 0.923 bits per heavy atom. The second-order valence-electron chi connectivity index (χ2n) is 5.24. The quantitative estimate of drug-likeness (QED) is 0.317. The molecule has 26 heavy (non-hydrogen) atoms. The highest BCUT2D eigenvalue weighted by Gasteiger charge is 2.19. The molecule has 0 saturated heterocycles. The van der Waals surface area contributed by atoms with E-state index in [0.717, 1.165) is 9.79 Å². The minimum Gasteiger partial charge on any atom is -0.462 e. The molecule has 0 unspecified atom stereocenters. The number of hydrogen-bond donors (Lipinski definition) is 0. The summed E-state index contributed by atoms with van der Waals surface area (Å²) in [6, 6.07) is 20.3. The van der Waals surface area contributed by atoms with E-state index in [1.807, 2.05) is 36.4 Å². The van der Waals surface area contributed by atoms with Gasteiger partial charge in [0.1, 0.15) is 4.58 Å². The molecule has 0 bridgehead atoms. The highest BCUT2D eigenvalue weighted by atomic mass is 32.2. The molecule has 0 saturated carbocycles. The maximum atomic E-state index is 11.8. The second-order valence-corrected chi connectivity index (χ2v) is 7.90. The minimum absolute atomic E-state index is 0.0314. The molecule has 0 amide bonds. The molecule has 132 valence electrons. The van der Waals surface area contributed by atoms with Crippen LogP contribution in [-0.4, -0.2) is 22.5 Å². The van der Waals surface area contributed by atoms with Crippen LogP contribution in [0.5, 0.6) is 0 Å². The number of benzene rings is 2. The number of carbonyl (C=O) groups is 1. The average molecular weight is 383 g/mol. The van der Waals surface area contributed by atoms with Crippen molar-refractivity contribution in [1.29, 1.82) is 0 Å². The highest BCUT2D eigenvalue weighted by Crippen LogP contribution is 2.45. The Hall–Kier alpha value is -2.31. The number of nitrogens with zero attached hydrogens (tertiary/aromatic N) is 2. The van der Waals surface area contributed by atoms with Crippen LogP contribution in [0, 0.1) is 0 Å². The Bertz CT molecular complexity index is 786. The van der Waals surface area contributed by atoms with Gasteiger partial charge in [-0.15, -0.1) is 23.5 Å². The summed E-state index contributed by atoms with van der Waals surface area (Å²) in [7, 11) is 0. The molecule has 0 radical (unpaired) electrons. The van der Waals surface area contributed by atoms with Gasteiger partial charge in [-0.1, -0.05) is 36.4 Å². The second kappa shape index (κ2) is 9.40. The van der Waals surface area contributed by atoms with Gasteiger partial charge in [0.25, 0.3) is 0 Å². The van der Waals surface area contributed by atoms with Crippen molar-refractivity contribution in [3.05, 3.63) is 84.4 Å². The van der Waals surface area contributed by atoms with Crippen LogP contribution in [0.25, 0.3) is 0 Å². The lowest BCUT2D eigenvalue weighted by Gasteiger charge is -2.15. The molecule has 0 N–H and O–H groups in total. The van der Waals surface area contributed by atoms with Gasteiger partial charge in [-0.3, -0.25) is 0 Å². The highest BCUT2D eigenvalue weighted by molar-refractivity contribution is 8.16. The third kappa shape index (κ3) is 5.09. The maximum absolute atomic E-state index is 11.8. The number of esters is 1. The molecule has 1 heterocycles. The number of carbonyl (C=O) groups excluding carboxylic acids is 1. The molecule has 6 heteroatoms. The first-order valence-electron chi connectivity index (χ1n) is 8.18. The molecular weight excluding hydrogens is 364 g/mol. The van der Waals surface area contributed by atoms with Gasteiger partial charge < -0.3 is 4.74 Å². The number of rotatable bonds is 7. The number of hydrogen-bond acceptors (Lipinski definition) is 6. The van der Waals surface area contributed by atoms with Crippen molar-refractivity contribution < 1.29 is 9.53 Å². The fourth-order valence-corrected chi connectivity index (χ4v) is 4.59. The largest absolute Gasteiger partial charge is 0.462 e. The van der Waals surface area contributed by atoms with Crippen molar-refractivity contribution >= 4 is 29.5 Å². The molecular formula is C20H18N2O2S2. The summed E-state index contributed by atoms with van der Waals surface area (Å²) < 4.78 is 4.96. The molecule has 0 fully saturated rings. The van der Waals surface area contributed by atoms with Crippen LogP contribution in [0.3, 0.4) is 0 Å². The summed E-state index contributed by atoms with van der Waals surface area (Å²) in [6.07, 6.45) is 3.06. The summed E-state index contributed by atoms with van der Waals surface area (Å²) in [5.74, 6) is 0.266. The molecule has 4 nitrogen and oxygen atoms in total. The normalized spacial score (nSPS) is 10.7. The average Bonchev–Trinajstić information content (AvgIpc) is 2.69. The third-order valence-electron chi connectivity index (χ3n) is 3.37. The van der Waals surface area contributed by atoms with E-state index in [9.17, 15) is 4.79 Å². The first kappa shape index (κ1) is 18.5. The topological polar surface area (TPSA) is 52.1 Å². The van der Waals surface area contributed by atoms with E-state index in [0.29, 0.717) is 18.0 Å². The van der Waals surface area contributed by atoms with Gasteiger partial charge in [0, 0.05) is 22.2 Å². The summed E-state index contributed by atoms with van der Waals surface area (Å²) in [4.78, 5) is 22.9. The number of aromatic nitrogens is 2. The maximum Gasteiger partial charge on any atom is 0.341 e. The first-order valence-corrected chi connectivity index (χ1v) is 9.94. The van der Waals surface area contributed by atoms with Crippen LogP contribution >= 0.6 is 23.5 Å². The zero-order chi connectivity index (χ0) is 18.2. The fourth-order valence-electron chi connectivity index (χ4n) is 2.15. The monoisotopic (exact) mass is 382 g/mol. The summed E-state index contributed by atoms with van der Waals surface area (Å²) in [5, 5.41) is 0. The Morgan fingerprint density at radius 2 is 1.42 bits per heavy atom. The van der Waals surface area contributed by atoms with Crippen LogP contribution in [0.2, 0.25) is 0 Å². The van der Waals surface area contributed by atoms with E-state index >= 15 is 0 Å². The summed E-state index contributed by atoms with van der Waals surface area (Å²) in [5.41, 5.74) is 0.365. The van der Waals surface area contributed by atoms with Crippen molar-refractivity contribution in [2.75, 3.05) is 6.61 Å². The Kier molecular flexibility index (Phi) is 6.68. The molecule has 3 aromatic rings. The lowest BCUT2D eigenvalue weighted by atomic mass is 10.3. The molecule has 0 aliphatic rings. The van der Waals surface area contributed by atoms with Crippen LogP contribution in [-0.2, 0) is 4.74 Å². The van der Waals surface area contributed by atoms with Crippen molar-refractivity contribution in [3.63, 3.8) is 0 Å². The molecule has 0 aliphatic carbocycles. The predicted octanol–water partition coefficient (Wildman–Crippen LogP) is 5.24. The molecule has 1 aromatic heterocycles. The van der Waals surface area contributed by atoms with Gasteiger partial charge in [0.2, 0.25) is 0 Å². The van der Waals surface area contributed by atoms with Gasteiger partial charge in [-0.2, -0.15) is 0 Å². The fraction of sp³-hybridized carbons (Fsp3) is 0.150. The summed E-state index contributed by atoms with van der Waals surface area (Å²) >= 11 is 3.37. The van der Waals surface area contributed by atoms with E-state index in [1.165, 1.54) is 12.4 Å². The first-order chi connectivity index (χ1) is 12.8. The van der Waals surface area contributed by atoms with Gasteiger partial charge in [-0.25, -0.2) is 14.8 Å². The number of thioether (sulfide) groups is 2. The van der Waals surface area contributed by atoms with Crippen molar-refractivity contribution in [1.82, 2.24) is 9.97 Å². The molecule has 0 atom stereocenters. The third-order valence-corrected chi connectivity index (χ3v) is 5.88. The van der Waals surface area contributed by atoms with E-state index in [2.05, 4.69) is 34.2 Å². The minimum atomic E-state index is -0.401. The van der Waals surface area contributed by atoms with Crippen molar-refractivity contribution in [3.8, 4) is 0 Å². The van der Waals surface area contributed by atoms with E-state index in [4.69, 9.17) is 4.74 Å². The van der Waals surface area contributed by atoms with E-state index in [-0.39, 0.29) is 4.58 Å². The van der Waals surface area contributed by atoms with Crippen molar-refractivity contribution in [2.45, 2.75) is 21.3 Å². The van der Waals surface area contributed by atoms with E-state index < -0.39 is 5.97 Å².